The summed E-state index contributed by atoms with van der Waals surface area (Å²) < 4.78 is 18.5. The van der Waals surface area contributed by atoms with Crippen LogP contribution < -0.4 is 5.32 Å². The maximum Gasteiger partial charge on any atom is 0.306 e. The first kappa shape index (κ1) is 18.0. The molecule has 1 aliphatic rings. The van der Waals surface area contributed by atoms with Crippen LogP contribution in [0.3, 0.4) is 0 Å². The lowest BCUT2D eigenvalue weighted by atomic mass is 9.81. The lowest BCUT2D eigenvalue weighted by Gasteiger charge is -2.26. The third-order valence-electron chi connectivity index (χ3n) is 4.65. The van der Waals surface area contributed by atoms with E-state index >= 15 is 0 Å². The number of carboxylic acids is 1. The van der Waals surface area contributed by atoms with Gasteiger partial charge in [-0.05, 0) is 38.3 Å². The molecule has 3 atom stereocenters. The zero-order valence-electron chi connectivity index (χ0n) is 14.3. The van der Waals surface area contributed by atoms with E-state index in [1.165, 1.54) is 12.1 Å². The van der Waals surface area contributed by atoms with E-state index in [1.54, 1.807) is 19.1 Å². The van der Waals surface area contributed by atoms with Crippen LogP contribution in [0.15, 0.2) is 28.8 Å². The van der Waals surface area contributed by atoms with E-state index in [2.05, 4.69) is 15.5 Å². The number of benzene rings is 1. The highest BCUT2D eigenvalue weighted by molar-refractivity contribution is 5.80. The second-order valence-corrected chi connectivity index (χ2v) is 6.60. The van der Waals surface area contributed by atoms with Crippen molar-refractivity contribution in [2.45, 2.75) is 38.6 Å². The summed E-state index contributed by atoms with van der Waals surface area (Å²) in [6, 6.07) is 5.30. The van der Waals surface area contributed by atoms with Crippen molar-refractivity contribution < 1.29 is 23.6 Å². The minimum atomic E-state index is -0.854. The van der Waals surface area contributed by atoms with Gasteiger partial charge in [-0.1, -0.05) is 23.7 Å². The number of carboxylic acid groups (broad SMARTS) is 1. The SMILES string of the molecule is CC(NC(=O)C1CCCC(C(=O)O)C1)c1nc(-c2cccc(F)c2)no1. The van der Waals surface area contributed by atoms with Crippen molar-refractivity contribution in [2.75, 3.05) is 0 Å². The second kappa shape index (κ2) is 7.63. The van der Waals surface area contributed by atoms with Gasteiger partial charge in [-0.3, -0.25) is 9.59 Å². The highest BCUT2D eigenvalue weighted by atomic mass is 19.1. The molecule has 0 aliphatic heterocycles. The van der Waals surface area contributed by atoms with Crippen LogP contribution in [-0.2, 0) is 9.59 Å². The van der Waals surface area contributed by atoms with Gasteiger partial charge in [0.05, 0.1) is 5.92 Å². The fraction of sp³-hybridized carbons (Fsp3) is 0.444. The fourth-order valence-electron chi connectivity index (χ4n) is 3.20. The van der Waals surface area contributed by atoms with Gasteiger partial charge in [-0.25, -0.2) is 4.39 Å². The van der Waals surface area contributed by atoms with Crippen LogP contribution in [0.1, 0.15) is 44.5 Å². The van der Waals surface area contributed by atoms with Gasteiger partial charge in [0.1, 0.15) is 11.9 Å². The van der Waals surface area contributed by atoms with Crippen LogP contribution in [0.2, 0.25) is 0 Å². The van der Waals surface area contributed by atoms with E-state index in [0.29, 0.717) is 31.2 Å². The Labute approximate surface area is 149 Å². The number of hydrogen-bond acceptors (Lipinski definition) is 5. The average Bonchev–Trinajstić information content (AvgIpc) is 3.12. The molecule has 2 N–H and O–H groups in total. The number of aromatic nitrogens is 2. The van der Waals surface area contributed by atoms with E-state index in [1.807, 2.05) is 0 Å². The summed E-state index contributed by atoms with van der Waals surface area (Å²) in [5, 5.41) is 15.8. The Kier molecular flexibility index (Phi) is 5.29. The number of amides is 1. The maximum atomic E-state index is 13.3. The first-order valence-electron chi connectivity index (χ1n) is 8.56. The van der Waals surface area contributed by atoms with E-state index < -0.39 is 23.7 Å². The van der Waals surface area contributed by atoms with Gasteiger partial charge < -0.3 is 14.9 Å². The van der Waals surface area contributed by atoms with Crippen LogP contribution in [0.5, 0.6) is 0 Å². The molecule has 8 heteroatoms. The van der Waals surface area contributed by atoms with Crippen molar-refractivity contribution in [1.29, 1.82) is 0 Å². The van der Waals surface area contributed by atoms with Gasteiger partial charge in [0.2, 0.25) is 17.6 Å². The molecule has 2 aromatic rings. The molecule has 138 valence electrons. The molecular formula is C18H20FN3O4. The average molecular weight is 361 g/mol. The van der Waals surface area contributed by atoms with Crippen molar-refractivity contribution in [2.24, 2.45) is 11.8 Å². The summed E-state index contributed by atoms with van der Waals surface area (Å²) in [4.78, 5) is 27.8. The normalized spacial score (nSPS) is 21.2. The summed E-state index contributed by atoms with van der Waals surface area (Å²) in [5.41, 5.74) is 0.482. The van der Waals surface area contributed by atoms with Crippen LogP contribution in [-0.4, -0.2) is 27.1 Å². The maximum absolute atomic E-state index is 13.3. The Hall–Kier alpha value is -2.77. The number of carbonyl (C=O) groups excluding carboxylic acids is 1. The molecular weight excluding hydrogens is 341 g/mol. The van der Waals surface area contributed by atoms with E-state index in [4.69, 9.17) is 9.63 Å². The summed E-state index contributed by atoms with van der Waals surface area (Å²) in [7, 11) is 0. The molecule has 0 radical (unpaired) electrons. The first-order chi connectivity index (χ1) is 12.4. The summed E-state index contributed by atoms with van der Waals surface area (Å²) in [6.07, 6.45) is 2.33. The Bertz CT molecular complexity index is 807. The predicted molar refractivity (Wildman–Crippen MR) is 89.3 cm³/mol. The Morgan fingerprint density at radius 2 is 2.12 bits per heavy atom. The molecule has 3 rings (SSSR count). The minimum absolute atomic E-state index is 0.211. The van der Waals surface area contributed by atoms with Gasteiger partial charge >= 0.3 is 5.97 Å². The molecule has 0 spiro atoms. The quantitative estimate of drug-likeness (QED) is 0.848. The fourth-order valence-corrected chi connectivity index (χ4v) is 3.20. The third kappa shape index (κ3) is 4.07. The smallest absolute Gasteiger partial charge is 0.306 e. The van der Waals surface area contributed by atoms with Crippen molar-refractivity contribution in [3.8, 4) is 11.4 Å². The molecule has 1 fully saturated rings. The van der Waals surface area contributed by atoms with Crippen LogP contribution in [0.4, 0.5) is 4.39 Å². The molecule has 1 amide bonds. The van der Waals surface area contributed by atoms with E-state index in [0.717, 1.165) is 0 Å². The molecule has 1 aromatic carbocycles. The van der Waals surface area contributed by atoms with E-state index in [9.17, 15) is 14.0 Å². The third-order valence-corrected chi connectivity index (χ3v) is 4.65. The molecule has 1 aromatic heterocycles. The highest BCUT2D eigenvalue weighted by Crippen LogP contribution is 2.30. The lowest BCUT2D eigenvalue weighted by Crippen LogP contribution is -2.36. The Balaban J connectivity index is 1.64. The Morgan fingerprint density at radius 3 is 2.85 bits per heavy atom. The number of nitrogens with zero attached hydrogens (tertiary/aromatic N) is 2. The second-order valence-electron chi connectivity index (χ2n) is 6.60. The predicted octanol–water partition coefficient (Wildman–Crippen LogP) is 2.94. The van der Waals surface area contributed by atoms with Crippen LogP contribution in [0, 0.1) is 17.7 Å². The lowest BCUT2D eigenvalue weighted by molar-refractivity contribution is -0.144. The number of rotatable bonds is 5. The topological polar surface area (TPSA) is 105 Å². The molecule has 7 nitrogen and oxygen atoms in total. The van der Waals surface area contributed by atoms with Gasteiger partial charge in [0.15, 0.2) is 0 Å². The van der Waals surface area contributed by atoms with Crippen molar-refractivity contribution in [3.63, 3.8) is 0 Å². The Morgan fingerprint density at radius 1 is 1.35 bits per heavy atom. The molecule has 1 aliphatic carbocycles. The molecule has 0 bridgehead atoms. The zero-order valence-corrected chi connectivity index (χ0v) is 14.3. The van der Waals surface area contributed by atoms with Crippen LogP contribution in [0.25, 0.3) is 11.4 Å². The van der Waals surface area contributed by atoms with Gasteiger partial charge in [-0.15, -0.1) is 0 Å². The summed E-state index contributed by atoms with van der Waals surface area (Å²) in [5.74, 6) is -1.83. The van der Waals surface area contributed by atoms with Gasteiger partial charge in [0, 0.05) is 11.5 Å². The van der Waals surface area contributed by atoms with Crippen molar-refractivity contribution in [3.05, 3.63) is 36.0 Å². The number of hydrogen-bond donors (Lipinski definition) is 2. The van der Waals surface area contributed by atoms with Crippen molar-refractivity contribution >= 4 is 11.9 Å². The largest absolute Gasteiger partial charge is 0.481 e. The zero-order chi connectivity index (χ0) is 18.7. The van der Waals surface area contributed by atoms with E-state index in [-0.39, 0.29) is 23.5 Å². The molecule has 1 saturated carbocycles. The number of nitrogens with one attached hydrogen (secondary N) is 1. The summed E-state index contributed by atoms with van der Waals surface area (Å²) >= 11 is 0. The van der Waals surface area contributed by atoms with Gasteiger partial charge in [-0.2, -0.15) is 4.98 Å². The number of halogens is 1. The first-order valence-corrected chi connectivity index (χ1v) is 8.56. The molecule has 3 unspecified atom stereocenters. The molecule has 1 heterocycles. The van der Waals surface area contributed by atoms with Gasteiger partial charge in [0.25, 0.3) is 0 Å². The number of carbonyl (C=O) groups is 2. The highest BCUT2D eigenvalue weighted by Gasteiger charge is 2.32. The minimum Gasteiger partial charge on any atom is -0.481 e. The number of aliphatic carboxylic acids is 1. The van der Waals surface area contributed by atoms with Crippen LogP contribution >= 0.6 is 0 Å². The standard InChI is InChI=1S/C18H20FN3O4/c1-10(20-16(23)12-5-2-6-13(8-12)18(24)25)17-21-15(22-26-17)11-4-3-7-14(19)9-11/h3-4,7,9-10,12-13H,2,5-6,8H2,1H3,(H,20,23)(H,24,25). The monoisotopic (exact) mass is 361 g/mol. The summed E-state index contributed by atoms with van der Waals surface area (Å²) in [6.45, 7) is 1.71. The van der Waals surface area contributed by atoms with Crippen molar-refractivity contribution in [1.82, 2.24) is 15.5 Å². The molecule has 26 heavy (non-hydrogen) atoms. The molecule has 0 saturated heterocycles.